The molecular weight excluding hydrogens is 288 g/mol. The lowest BCUT2D eigenvalue weighted by molar-refractivity contribution is -0.118. The van der Waals surface area contributed by atoms with Gasteiger partial charge >= 0.3 is 0 Å². The van der Waals surface area contributed by atoms with Gasteiger partial charge in [-0.1, -0.05) is 29.8 Å². The minimum atomic E-state index is -0.213. The van der Waals surface area contributed by atoms with Gasteiger partial charge in [-0.3, -0.25) is 4.79 Å². The summed E-state index contributed by atoms with van der Waals surface area (Å²) >= 11 is 5.95. The van der Waals surface area contributed by atoms with Crippen LogP contribution in [0, 0.1) is 0 Å². The highest BCUT2D eigenvalue weighted by molar-refractivity contribution is 6.30. The predicted octanol–water partition coefficient (Wildman–Crippen LogP) is 2.86. The molecule has 0 spiro atoms. The van der Waals surface area contributed by atoms with E-state index in [1.807, 2.05) is 30.3 Å². The summed E-state index contributed by atoms with van der Waals surface area (Å²) in [6, 6.07) is 14.5. The van der Waals surface area contributed by atoms with Crippen LogP contribution >= 0.6 is 11.6 Å². The fraction of sp³-hybridized carbons (Fsp3) is 0.188. The Bertz CT molecular complexity index is 602. The second-order valence-electron chi connectivity index (χ2n) is 4.49. The number of halogens is 1. The van der Waals surface area contributed by atoms with Crippen LogP contribution in [0.4, 0.5) is 5.69 Å². The van der Waals surface area contributed by atoms with Crippen LogP contribution in [0.15, 0.2) is 48.5 Å². The molecule has 0 aromatic heterocycles. The van der Waals surface area contributed by atoms with E-state index in [-0.39, 0.29) is 12.5 Å². The molecule has 2 aromatic rings. The van der Waals surface area contributed by atoms with E-state index in [4.69, 9.17) is 22.1 Å². The molecule has 2 rings (SSSR count). The first kappa shape index (κ1) is 15.4. The zero-order chi connectivity index (χ0) is 15.1. The smallest absolute Gasteiger partial charge is 0.262 e. The Hall–Kier alpha value is -2.04. The Kier molecular flexibility index (Phi) is 5.60. The number of ether oxygens (including phenoxy) is 1. The largest absolute Gasteiger partial charge is 0.483 e. The van der Waals surface area contributed by atoms with Crippen molar-refractivity contribution in [1.82, 2.24) is 0 Å². The molecular formula is C16H17ClN2O2. The van der Waals surface area contributed by atoms with Crippen molar-refractivity contribution in [2.75, 3.05) is 18.5 Å². The molecule has 0 atom stereocenters. The summed E-state index contributed by atoms with van der Waals surface area (Å²) in [4.78, 5) is 11.8. The van der Waals surface area contributed by atoms with Gasteiger partial charge in [-0.15, -0.1) is 0 Å². The second-order valence-corrected chi connectivity index (χ2v) is 4.93. The average molecular weight is 305 g/mol. The molecule has 3 N–H and O–H groups in total. The zero-order valence-corrected chi connectivity index (χ0v) is 12.3. The van der Waals surface area contributed by atoms with Crippen LogP contribution in [0.25, 0.3) is 0 Å². The maximum atomic E-state index is 11.8. The molecule has 21 heavy (non-hydrogen) atoms. The minimum absolute atomic E-state index is 0.0614. The molecule has 5 heteroatoms. The van der Waals surface area contributed by atoms with Crippen molar-refractivity contribution in [3.05, 3.63) is 59.1 Å². The van der Waals surface area contributed by atoms with Crippen LogP contribution in [-0.2, 0) is 11.2 Å². The molecule has 0 aliphatic heterocycles. The van der Waals surface area contributed by atoms with Crippen molar-refractivity contribution in [1.29, 1.82) is 0 Å². The molecule has 1 amide bonds. The van der Waals surface area contributed by atoms with Crippen molar-refractivity contribution in [3.63, 3.8) is 0 Å². The first-order chi connectivity index (χ1) is 10.2. The van der Waals surface area contributed by atoms with Gasteiger partial charge < -0.3 is 15.8 Å². The lowest BCUT2D eigenvalue weighted by atomic mass is 10.1. The van der Waals surface area contributed by atoms with Crippen molar-refractivity contribution in [2.45, 2.75) is 6.42 Å². The van der Waals surface area contributed by atoms with Crippen molar-refractivity contribution in [2.24, 2.45) is 5.73 Å². The predicted molar refractivity (Wildman–Crippen MR) is 84.8 cm³/mol. The maximum absolute atomic E-state index is 11.8. The zero-order valence-electron chi connectivity index (χ0n) is 11.5. The number of nitrogens with two attached hydrogens (primary N) is 1. The van der Waals surface area contributed by atoms with E-state index in [0.717, 1.165) is 11.3 Å². The van der Waals surface area contributed by atoms with Gasteiger partial charge in [0.05, 0.1) is 0 Å². The summed E-state index contributed by atoms with van der Waals surface area (Å²) in [5, 5.41) is 3.38. The Morgan fingerprint density at radius 1 is 1.19 bits per heavy atom. The number of rotatable bonds is 6. The number of hydrogen-bond acceptors (Lipinski definition) is 3. The normalized spacial score (nSPS) is 10.2. The molecule has 0 heterocycles. The standard InChI is InChI=1S/C16H17ClN2O2/c17-13-6-7-15(12(10-13)8-9-18)21-11-16(20)19-14-4-2-1-3-5-14/h1-7,10H,8-9,11,18H2,(H,19,20). The number of carbonyl (C=O) groups excluding carboxylic acids is 1. The number of nitrogens with one attached hydrogen (secondary N) is 1. The van der Waals surface area contributed by atoms with E-state index in [0.29, 0.717) is 23.7 Å². The number of benzene rings is 2. The van der Waals surface area contributed by atoms with Gasteiger partial charge in [0, 0.05) is 10.7 Å². The van der Waals surface area contributed by atoms with Crippen LogP contribution < -0.4 is 15.8 Å². The van der Waals surface area contributed by atoms with E-state index < -0.39 is 0 Å². The van der Waals surface area contributed by atoms with Gasteiger partial charge in [0.1, 0.15) is 5.75 Å². The second kappa shape index (κ2) is 7.67. The van der Waals surface area contributed by atoms with Gasteiger partial charge in [0.2, 0.25) is 0 Å². The van der Waals surface area contributed by atoms with Crippen molar-refractivity contribution >= 4 is 23.2 Å². The van der Waals surface area contributed by atoms with E-state index in [2.05, 4.69) is 5.32 Å². The number of anilines is 1. The molecule has 0 fully saturated rings. The third-order valence-electron chi connectivity index (χ3n) is 2.85. The summed E-state index contributed by atoms with van der Waals surface area (Å²) in [6.45, 7) is 0.432. The topological polar surface area (TPSA) is 64.3 Å². The molecule has 0 radical (unpaired) electrons. The van der Waals surface area contributed by atoms with Crippen LogP contribution in [-0.4, -0.2) is 19.1 Å². The Labute approximate surface area is 128 Å². The molecule has 0 saturated carbocycles. The van der Waals surface area contributed by atoms with Gasteiger partial charge in [-0.25, -0.2) is 0 Å². The Morgan fingerprint density at radius 3 is 2.67 bits per heavy atom. The molecule has 0 aliphatic rings. The quantitative estimate of drug-likeness (QED) is 0.862. The third-order valence-corrected chi connectivity index (χ3v) is 3.09. The van der Waals surface area contributed by atoms with E-state index >= 15 is 0 Å². The SMILES string of the molecule is NCCc1cc(Cl)ccc1OCC(=O)Nc1ccccc1. The minimum Gasteiger partial charge on any atom is -0.483 e. The molecule has 0 saturated heterocycles. The molecule has 2 aromatic carbocycles. The summed E-state index contributed by atoms with van der Waals surface area (Å²) in [5.74, 6) is 0.419. The first-order valence-corrected chi connectivity index (χ1v) is 7.03. The highest BCUT2D eigenvalue weighted by Crippen LogP contribution is 2.23. The van der Waals surface area contributed by atoms with Gasteiger partial charge in [0.15, 0.2) is 6.61 Å². The highest BCUT2D eigenvalue weighted by Gasteiger charge is 2.07. The van der Waals surface area contributed by atoms with Crippen molar-refractivity contribution < 1.29 is 9.53 Å². The fourth-order valence-electron chi connectivity index (χ4n) is 1.90. The van der Waals surface area contributed by atoms with Crippen LogP contribution in [0.2, 0.25) is 5.02 Å². The third kappa shape index (κ3) is 4.77. The number of carbonyl (C=O) groups is 1. The van der Waals surface area contributed by atoms with Crippen LogP contribution in [0.3, 0.4) is 0 Å². The van der Waals surface area contributed by atoms with Crippen molar-refractivity contribution in [3.8, 4) is 5.75 Å². The number of amides is 1. The molecule has 110 valence electrons. The molecule has 4 nitrogen and oxygen atoms in total. The van der Waals surface area contributed by atoms with Gasteiger partial charge in [-0.2, -0.15) is 0 Å². The average Bonchev–Trinajstić information content (AvgIpc) is 2.48. The first-order valence-electron chi connectivity index (χ1n) is 6.65. The lowest BCUT2D eigenvalue weighted by Crippen LogP contribution is -2.20. The monoisotopic (exact) mass is 304 g/mol. The number of para-hydroxylation sites is 1. The summed E-state index contributed by atoms with van der Waals surface area (Å²) in [7, 11) is 0. The Morgan fingerprint density at radius 2 is 1.95 bits per heavy atom. The lowest BCUT2D eigenvalue weighted by Gasteiger charge is -2.11. The Balaban J connectivity index is 1.95. The van der Waals surface area contributed by atoms with E-state index in [9.17, 15) is 4.79 Å². The van der Waals surface area contributed by atoms with Crippen LogP contribution in [0.1, 0.15) is 5.56 Å². The van der Waals surface area contributed by atoms with E-state index in [1.54, 1.807) is 18.2 Å². The highest BCUT2D eigenvalue weighted by atomic mass is 35.5. The maximum Gasteiger partial charge on any atom is 0.262 e. The van der Waals surface area contributed by atoms with E-state index in [1.165, 1.54) is 0 Å². The summed E-state index contributed by atoms with van der Waals surface area (Å²) in [5.41, 5.74) is 7.20. The van der Waals surface area contributed by atoms with Gasteiger partial charge in [0.25, 0.3) is 5.91 Å². The van der Waals surface area contributed by atoms with Gasteiger partial charge in [-0.05, 0) is 48.9 Å². The molecule has 0 aliphatic carbocycles. The molecule has 0 bridgehead atoms. The fourth-order valence-corrected chi connectivity index (χ4v) is 2.10. The van der Waals surface area contributed by atoms with Crippen LogP contribution in [0.5, 0.6) is 5.75 Å². The molecule has 0 unspecified atom stereocenters. The summed E-state index contributed by atoms with van der Waals surface area (Å²) in [6.07, 6.45) is 0.649. The summed E-state index contributed by atoms with van der Waals surface area (Å²) < 4.78 is 5.55. The number of hydrogen-bond donors (Lipinski definition) is 2.